The van der Waals surface area contributed by atoms with Gasteiger partial charge in [0.15, 0.2) is 0 Å². The van der Waals surface area contributed by atoms with Crippen LogP contribution in [0.4, 0.5) is 17.1 Å². The van der Waals surface area contributed by atoms with Gasteiger partial charge in [0, 0.05) is 47.8 Å². The third kappa shape index (κ3) is 5.55. The van der Waals surface area contributed by atoms with E-state index in [1.807, 2.05) is 11.3 Å². The van der Waals surface area contributed by atoms with Gasteiger partial charge in [-0.1, -0.05) is 164 Å². The van der Waals surface area contributed by atoms with Gasteiger partial charge in [-0.2, -0.15) is 0 Å². The number of thiophene rings is 1. The van der Waals surface area contributed by atoms with E-state index in [1.165, 1.54) is 69.8 Å². The van der Waals surface area contributed by atoms with Crippen LogP contribution in [-0.4, -0.2) is 4.57 Å². The Hall–Kier alpha value is -7.20. The predicted octanol–water partition coefficient (Wildman–Crippen LogP) is 15.6. The SMILES string of the molecule is c1ccc(-c2ccccc2-c2ccccc2-n2c3ccccc3c3c(N(c4ccc5sc6ccccc6c5c4)c4ccccc4-c4ccccc4)cccc32)cc1. The summed E-state index contributed by atoms with van der Waals surface area (Å²) >= 11 is 1.86. The van der Waals surface area contributed by atoms with Crippen LogP contribution in [0.5, 0.6) is 0 Å². The number of nitrogens with zero attached hydrogens (tertiary/aromatic N) is 2. The lowest BCUT2D eigenvalue weighted by Crippen LogP contribution is -2.11. The highest BCUT2D eigenvalue weighted by molar-refractivity contribution is 7.25. The van der Waals surface area contributed by atoms with E-state index in [2.05, 4.69) is 228 Å². The van der Waals surface area contributed by atoms with Gasteiger partial charge in [0.25, 0.3) is 0 Å². The minimum atomic E-state index is 1.12. The number of hydrogen-bond acceptors (Lipinski definition) is 2. The van der Waals surface area contributed by atoms with Gasteiger partial charge in [-0.05, 0) is 76.9 Å². The lowest BCUT2D eigenvalue weighted by atomic mass is 9.93. The van der Waals surface area contributed by atoms with Crippen molar-refractivity contribution in [1.29, 1.82) is 0 Å². The molecule has 11 rings (SSSR count). The van der Waals surface area contributed by atoms with E-state index in [1.54, 1.807) is 0 Å². The highest BCUT2D eigenvalue weighted by atomic mass is 32.1. The Morgan fingerprint density at radius 1 is 0.351 bits per heavy atom. The Kier molecular flexibility index (Phi) is 8.04. The second-order valence-electron chi connectivity index (χ2n) is 14.4. The molecule has 2 aromatic heterocycles. The van der Waals surface area contributed by atoms with Gasteiger partial charge in [0.05, 0.1) is 28.1 Å². The molecule has 0 aliphatic carbocycles. The smallest absolute Gasteiger partial charge is 0.0562 e. The average molecular weight is 745 g/mol. The zero-order valence-electron chi connectivity index (χ0n) is 31.1. The number of aromatic nitrogens is 1. The number of rotatable bonds is 7. The molecule has 2 nitrogen and oxygen atoms in total. The molecule has 9 aromatic carbocycles. The van der Waals surface area contributed by atoms with Crippen molar-refractivity contribution < 1.29 is 0 Å². The molecule has 0 saturated carbocycles. The average Bonchev–Trinajstić information content (AvgIpc) is 3.83. The maximum atomic E-state index is 2.49. The molecule has 2 heterocycles. The molecule has 0 fully saturated rings. The van der Waals surface area contributed by atoms with E-state index in [4.69, 9.17) is 0 Å². The third-order valence-electron chi connectivity index (χ3n) is 11.2. The maximum Gasteiger partial charge on any atom is 0.0562 e. The fraction of sp³-hybridized carbons (Fsp3) is 0. The van der Waals surface area contributed by atoms with Crippen LogP contribution in [0.15, 0.2) is 218 Å². The van der Waals surface area contributed by atoms with E-state index in [-0.39, 0.29) is 0 Å². The summed E-state index contributed by atoms with van der Waals surface area (Å²) in [6, 6.07) is 79.4. The zero-order valence-corrected chi connectivity index (χ0v) is 31.9. The van der Waals surface area contributed by atoms with Crippen LogP contribution in [0.2, 0.25) is 0 Å². The third-order valence-corrected chi connectivity index (χ3v) is 12.4. The van der Waals surface area contributed by atoms with Crippen molar-refractivity contribution in [3.05, 3.63) is 218 Å². The number of para-hydroxylation sites is 3. The summed E-state index contributed by atoms with van der Waals surface area (Å²) in [6.07, 6.45) is 0. The van der Waals surface area contributed by atoms with Crippen molar-refractivity contribution >= 4 is 70.4 Å². The number of fused-ring (bicyclic) bond motifs is 6. The zero-order chi connectivity index (χ0) is 37.7. The molecule has 268 valence electrons. The number of hydrogen-bond donors (Lipinski definition) is 0. The minimum Gasteiger partial charge on any atom is -0.309 e. The summed E-state index contributed by atoms with van der Waals surface area (Å²) < 4.78 is 5.07. The lowest BCUT2D eigenvalue weighted by Gasteiger charge is -2.29. The van der Waals surface area contributed by atoms with Gasteiger partial charge in [0.2, 0.25) is 0 Å². The van der Waals surface area contributed by atoms with Crippen LogP contribution in [0, 0.1) is 0 Å². The molecule has 0 amide bonds. The molecule has 0 aliphatic heterocycles. The number of benzene rings is 9. The molecule has 0 radical (unpaired) electrons. The molecule has 11 aromatic rings. The molecule has 0 saturated heterocycles. The van der Waals surface area contributed by atoms with Crippen molar-refractivity contribution in [1.82, 2.24) is 4.57 Å². The molecule has 0 atom stereocenters. The van der Waals surface area contributed by atoms with E-state index in [0.29, 0.717) is 0 Å². The molecule has 0 unspecified atom stereocenters. The Balaban J connectivity index is 1.20. The monoisotopic (exact) mass is 744 g/mol. The van der Waals surface area contributed by atoms with Crippen molar-refractivity contribution in [3.63, 3.8) is 0 Å². The van der Waals surface area contributed by atoms with Gasteiger partial charge in [0.1, 0.15) is 0 Å². The first-order valence-corrected chi connectivity index (χ1v) is 20.3. The fourth-order valence-corrected chi connectivity index (χ4v) is 9.81. The minimum absolute atomic E-state index is 1.12. The molecule has 57 heavy (non-hydrogen) atoms. The van der Waals surface area contributed by atoms with Gasteiger partial charge in [-0.25, -0.2) is 0 Å². The van der Waals surface area contributed by atoms with Crippen molar-refractivity contribution in [3.8, 4) is 39.1 Å². The first kappa shape index (κ1) is 33.2. The summed E-state index contributed by atoms with van der Waals surface area (Å²) in [6.45, 7) is 0. The van der Waals surface area contributed by atoms with Gasteiger partial charge in [-0.15, -0.1) is 11.3 Å². The van der Waals surface area contributed by atoms with E-state index in [0.717, 1.165) is 28.3 Å². The van der Waals surface area contributed by atoms with Gasteiger partial charge >= 0.3 is 0 Å². The molecular weight excluding hydrogens is 709 g/mol. The highest BCUT2D eigenvalue weighted by Gasteiger charge is 2.24. The van der Waals surface area contributed by atoms with Crippen molar-refractivity contribution in [2.24, 2.45) is 0 Å². The summed E-state index contributed by atoms with van der Waals surface area (Å²) in [5.74, 6) is 0. The molecule has 0 spiro atoms. The van der Waals surface area contributed by atoms with E-state index in [9.17, 15) is 0 Å². The number of anilines is 3. The molecule has 0 aliphatic rings. The summed E-state index contributed by atoms with van der Waals surface area (Å²) in [7, 11) is 0. The molecular formula is C54H36N2S. The first-order chi connectivity index (χ1) is 28.3. The van der Waals surface area contributed by atoms with Crippen LogP contribution in [-0.2, 0) is 0 Å². The fourth-order valence-electron chi connectivity index (χ4n) is 8.72. The maximum absolute atomic E-state index is 2.49. The van der Waals surface area contributed by atoms with Crippen LogP contribution in [0.3, 0.4) is 0 Å². The topological polar surface area (TPSA) is 8.17 Å². The van der Waals surface area contributed by atoms with E-state index < -0.39 is 0 Å². The Morgan fingerprint density at radius 3 is 1.72 bits per heavy atom. The quantitative estimate of drug-likeness (QED) is 0.158. The highest BCUT2D eigenvalue weighted by Crippen LogP contribution is 2.48. The van der Waals surface area contributed by atoms with E-state index >= 15 is 0 Å². The Labute approximate surface area is 335 Å². The van der Waals surface area contributed by atoms with Gasteiger partial charge < -0.3 is 9.47 Å². The van der Waals surface area contributed by atoms with Gasteiger partial charge in [-0.3, -0.25) is 0 Å². The molecule has 3 heteroatoms. The Morgan fingerprint density at radius 2 is 0.912 bits per heavy atom. The summed E-state index contributed by atoms with van der Waals surface area (Å²) in [5, 5.41) is 4.98. The predicted molar refractivity (Wildman–Crippen MR) is 245 cm³/mol. The lowest BCUT2D eigenvalue weighted by molar-refractivity contribution is 1.18. The van der Waals surface area contributed by atoms with Crippen LogP contribution in [0.25, 0.3) is 81.0 Å². The van der Waals surface area contributed by atoms with Crippen LogP contribution in [0.1, 0.15) is 0 Å². The largest absolute Gasteiger partial charge is 0.309 e. The Bertz CT molecular complexity index is 3250. The van der Waals surface area contributed by atoms with Crippen LogP contribution < -0.4 is 4.90 Å². The first-order valence-electron chi connectivity index (χ1n) is 19.4. The molecule has 0 bridgehead atoms. The van der Waals surface area contributed by atoms with Crippen molar-refractivity contribution in [2.75, 3.05) is 4.90 Å². The van der Waals surface area contributed by atoms with Crippen molar-refractivity contribution in [2.45, 2.75) is 0 Å². The standard InChI is InChI=1S/C54H36N2S/c1-3-18-37(19-4-1)40-22-7-8-24-42(40)43-25-10-14-29-48(43)56-49-30-15-11-27-45(49)54-50(31-17-32-51(54)56)55(47-28-13-9-23-41(47)38-20-5-2-6-21-38)39-34-35-53-46(36-39)44-26-12-16-33-52(44)57-53/h1-36H. The summed E-state index contributed by atoms with van der Waals surface area (Å²) in [4.78, 5) is 2.49. The van der Waals surface area contributed by atoms with Crippen LogP contribution >= 0.6 is 11.3 Å². The molecule has 0 N–H and O–H groups in total. The second kappa shape index (κ2) is 13.8. The summed E-state index contributed by atoms with van der Waals surface area (Å²) in [5.41, 5.74) is 14.0. The normalized spacial score (nSPS) is 11.5. The second-order valence-corrected chi connectivity index (χ2v) is 15.5.